The molecule has 0 aromatic heterocycles. The van der Waals surface area contributed by atoms with E-state index < -0.39 is 0 Å². The fourth-order valence-corrected chi connectivity index (χ4v) is 1.74. The summed E-state index contributed by atoms with van der Waals surface area (Å²) in [7, 11) is 0. The largest absolute Gasteiger partial charge is 0.294 e. The number of hydrogen-bond acceptors (Lipinski definition) is 1. The molecule has 2 rings (SSSR count). The zero-order valence-corrected chi connectivity index (χ0v) is 9.75. The van der Waals surface area contributed by atoms with Crippen LogP contribution in [0.25, 0.3) is 0 Å². The fraction of sp³-hybridized carbons (Fsp3) is 0.0714. The molecule has 0 fully saturated rings. The fourth-order valence-electron chi connectivity index (χ4n) is 1.55. The van der Waals surface area contributed by atoms with Crippen LogP contribution in [0, 0.1) is 5.82 Å². The van der Waals surface area contributed by atoms with Gasteiger partial charge in [-0.2, -0.15) is 0 Å². The van der Waals surface area contributed by atoms with Crippen molar-refractivity contribution in [1.29, 1.82) is 0 Å². The van der Waals surface area contributed by atoms with Gasteiger partial charge in [-0.3, -0.25) is 4.79 Å². The molecule has 3 heteroatoms. The topological polar surface area (TPSA) is 17.1 Å². The van der Waals surface area contributed by atoms with Gasteiger partial charge in [0, 0.05) is 17.0 Å². The second-order valence-electron chi connectivity index (χ2n) is 3.74. The molecule has 0 N–H and O–H groups in total. The predicted molar refractivity (Wildman–Crippen MR) is 65.9 cm³/mol. The quantitative estimate of drug-likeness (QED) is 0.753. The molecule has 0 radical (unpaired) electrons. The smallest absolute Gasteiger partial charge is 0.167 e. The molecule has 0 bridgehead atoms. The Balaban J connectivity index is 2.14. The molecule has 86 valence electrons. The predicted octanol–water partition coefficient (Wildman–Crippen LogP) is 3.90. The van der Waals surface area contributed by atoms with E-state index in [-0.39, 0.29) is 18.0 Å². The van der Waals surface area contributed by atoms with Gasteiger partial charge in [0.15, 0.2) is 5.78 Å². The highest BCUT2D eigenvalue weighted by molar-refractivity contribution is 6.31. The highest BCUT2D eigenvalue weighted by Crippen LogP contribution is 2.13. The standard InChI is InChI=1S/C14H10ClFO/c15-12-3-1-2-11(9-12)14(17)8-10-4-6-13(16)7-5-10/h1-7,9H,8H2. The molecule has 0 saturated carbocycles. The van der Waals surface area contributed by atoms with Gasteiger partial charge in [-0.05, 0) is 29.8 Å². The SMILES string of the molecule is O=C(Cc1ccc(F)cc1)c1cccc(Cl)c1. The Morgan fingerprint density at radius 2 is 1.82 bits per heavy atom. The molecule has 0 heterocycles. The number of carbonyl (C=O) groups excluding carboxylic acids is 1. The molecule has 2 aromatic rings. The maximum absolute atomic E-state index is 12.7. The van der Waals surface area contributed by atoms with Crippen LogP contribution in [0.3, 0.4) is 0 Å². The third kappa shape index (κ3) is 3.14. The molecule has 0 atom stereocenters. The first-order valence-electron chi connectivity index (χ1n) is 5.18. The van der Waals surface area contributed by atoms with E-state index in [0.717, 1.165) is 5.56 Å². The van der Waals surface area contributed by atoms with Crippen LogP contribution in [0.2, 0.25) is 5.02 Å². The number of carbonyl (C=O) groups is 1. The second kappa shape index (κ2) is 5.11. The van der Waals surface area contributed by atoms with Gasteiger partial charge < -0.3 is 0 Å². The molecule has 0 aliphatic heterocycles. The summed E-state index contributed by atoms with van der Waals surface area (Å²) in [6.07, 6.45) is 0.251. The van der Waals surface area contributed by atoms with Crippen LogP contribution in [0.15, 0.2) is 48.5 Å². The third-order valence-corrected chi connectivity index (χ3v) is 2.66. The van der Waals surface area contributed by atoms with Crippen molar-refractivity contribution in [3.8, 4) is 0 Å². The van der Waals surface area contributed by atoms with Crippen LogP contribution in [-0.2, 0) is 6.42 Å². The molecule has 17 heavy (non-hydrogen) atoms. The van der Waals surface area contributed by atoms with Crippen LogP contribution in [-0.4, -0.2) is 5.78 Å². The van der Waals surface area contributed by atoms with Crippen molar-refractivity contribution in [2.24, 2.45) is 0 Å². The van der Waals surface area contributed by atoms with Gasteiger partial charge in [0.25, 0.3) is 0 Å². The monoisotopic (exact) mass is 248 g/mol. The molecule has 0 aliphatic rings. The number of benzene rings is 2. The summed E-state index contributed by atoms with van der Waals surface area (Å²) in [5.41, 5.74) is 1.36. The van der Waals surface area contributed by atoms with Crippen molar-refractivity contribution in [2.45, 2.75) is 6.42 Å². The van der Waals surface area contributed by atoms with Gasteiger partial charge in [-0.25, -0.2) is 4.39 Å². The molecule has 2 aromatic carbocycles. The van der Waals surface area contributed by atoms with Crippen LogP contribution in [0.1, 0.15) is 15.9 Å². The van der Waals surface area contributed by atoms with Crippen molar-refractivity contribution in [3.63, 3.8) is 0 Å². The minimum atomic E-state index is -0.302. The number of rotatable bonds is 3. The van der Waals surface area contributed by atoms with Gasteiger partial charge in [-0.1, -0.05) is 35.9 Å². The van der Waals surface area contributed by atoms with Gasteiger partial charge in [0.05, 0.1) is 0 Å². The van der Waals surface area contributed by atoms with Crippen molar-refractivity contribution in [2.75, 3.05) is 0 Å². The summed E-state index contributed by atoms with van der Waals surface area (Å²) in [4.78, 5) is 11.9. The van der Waals surface area contributed by atoms with E-state index in [0.29, 0.717) is 10.6 Å². The summed E-state index contributed by atoms with van der Waals surface area (Å²) in [6.45, 7) is 0. The Kier molecular flexibility index (Phi) is 3.55. The third-order valence-electron chi connectivity index (χ3n) is 2.42. The summed E-state index contributed by atoms with van der Waals surface area (Å²) >= 11 is 5.81. The minimum Gasteiger partial charge on any atom is -0.294 e. The minimum absolute atomic E-state index is 0.0286. The molecular weight excluding hydrogens is 239 g/mol. The van der Waals surface area contributed by atoms with Crippen LogP contribution >= 0.6 is 11.6 Å². The van der Waals surface area contributed by atoms with E-state index in [1.54, 1.807) is 36.4 Å². The Morgan fingerprint density at radius 3 is 2.47 bits per heavy atom. The summed E-state index contributed by atoms with van der Waals surface area (Å²) in [5, 5.41) is 0.537. The normalized spacial score (nSPS) is 10.2. The lowest BCUT2D eigenvalue weighted by molar-refractivity contribution is 0.0993. The first-order chi connectivity index (χ1) is 8.15. The molecule has 0 unspecified atom stereocenters. The van der Waals surface area contributed by atoms with Crippen molar-refractivity contribution in [3.05, 3.63) is 70.5 Å². The van der Waals surface area contributed by atoms with Gasteiger partial charge in [0.1, 0.15) is 5.82 Å². The van der Waals surface area contributed by atoms with Crippen molar-refractivity contribution < 1.29 is 9.18 Å². The first kappa shape index (κ1) is 11.8. The average molecular weight is 249 g/mol. The summed E-state index contributed by atoms with van der Waals surface area (Å²) < 4.78 is 12.7. The van der Waals surface area contributed by atoms with E-state index in [2.05, 4.69) is 0 Å². The van der Waals surface area contributed by atoms with Gasteiger partial charge >= 0.3 is 0 Å². The van der Waals surface area contributed by atoms with E-state index in [1.165, 1.54) is 12.1 Å². The maximum Gasteiger partial charge on any atom is 0.167 e. The maximum atomic E-state index is 12.7. The Hall–Kier alpha value is -1.67. The van der Waals surface area contributed by atoms with Crippen LogP contribution in [0.4, 0.5) is 4.39 Å². The molecule has 0 saturated heterocycles. The van der Waals surface area contributed by atoms with Crippen molar-refractivity contribution in [1.82, 2.24) is 0 Å². The zero-order chi connectivity index (χ0) is 12.3. The Bertz CT molecular complexity index is 534. The second-order valence-corrected chi connectivity index (χ2v) is 4.17. The Labute approximate surface area is 104 Å². The lowest BCUT2D eigenvalue weighted by Gasteiger charge is -2.02. The molecular formula is C14H10ClFO. The molecule has 0 spiro atoms. The van der Waals surface area contributed by atoms with Gasteiger partial charge in [-0.15, -0.1) is 0 Å². The number of Topliss-reactive ketones (excluding diaryl/α,β-unsaturated/α-hetero) is 1. The van der Waals surface area contributed by atoms with Crippen LogP contribution < -0.4 is 0 Å². The number of ketones is 1. The molecule has 0 amide bonds. The lowest BCUT2D eigenvalue weighted by Crippen LogP contribution is -2.03. The zero-order valence-electron chi connectivity index (χ0n) is 8.99. The molecule has 0 aliphatic carbocycles. The van der Waals surface area contributed by atoms with Crippen molar-refractivity contribution >= 4 is 17.4 Å². The van der Waals surface area contributed by atoms with E-state index in [1.807, 2.05) is 0 Å². The van der Waals surface area contributed by atoms with E-state index >= 15 is 0 Å². The lowest BCUT2D eigenvalue weighted by atomic mass is 10.0. The highest BCUT2D eigenvalue weighted by Gasteiger charge is 2.07. The summed E-state index contributed by atoms with van der Waals surface area (Å²) in [6, 6.07) is 12.7. The highest BCUT2D eigenvalue weighted by atomic mass is 35.5. The van der Waals surface area contributed by atoms with E-state index in [9.17, 15) is 9.18 Å². The van der Waals surface area contributed by atoms with Gasteiger partial charge in [0.2, 0.25) is 0 Å². The first-order valence-corrected chi connectivity index (χ1v) is 5.56. The van der Waals surface area contributed by atoms with E-state index in [4.69, 9.17) is 11.6 Å². The summed E-state index contributed by atoms with van der Waals surface area (Å²) in [5.74, 6) is -0.330. The number of halogens is 2. The Morgan fingerprint density at radius 1 is 1.12 bits per heavy atom. The average Bonchev–Trinajstić information content (AvgIpc) is 2.32. The number of hydrogen-bond donors (Lipinski definition) is 0. The van der Waals surface area contributed by atoms with Crippen LogP contribution in [0.5, 0.6) is 0 Å². The molecule has 1 nitrogen and oxygen atoms in total.